The Hall–Kier alpha value is -1.30. The number of benzene rings is 1. The van der Waals surface area contributed by atoms with Crippen LogP contribution in [0.4, 0.5) is 5.69 Å². The fourth-order valence-corrected chi connectivity index (χ4v) is 5.07. The van der Waals surface area contributed by atoms with E-state index in [1.165, 1.54) is 44.9 Å². The summed E-state index contributed by atoms with van der Waals surface area (Å²) in [5.41, 5.74) is 1.74. The molecule has 6 heteroatoms. The first kappa shape index (κ1) is 24.0. The van der Waals surface area contributed by atoms with Crippen molar-refractivity contribution >= 4 is 23.2 Å². The topological polar surface area (TPSA) is 73.4 Å². The minimum atomic E-state index is -0.0724. The van der Waals surface area contributed by atoms with Gasteiger partial charge in [-0.1, -0.05) is 44.7 Å². The van der Waals surface area contributed by atoms with Crippen molar-refractivity contribution in [1.29, 1.82) is 0 Å². The third kappa shape index (κ3) is 6.87. The number of amides is 1. The molecule has 2 saturated carbocycles. The number of anilines is 1. The molecule has 2 bridgehead atoms. The molecule has 29 heavy (non-hydrogen) atoms. The summed E-state index contributed by atoms with van der Waals surface area (Å²) in [7, 11) is 0. The molecule has 2 aliphatic rings. The van der Waals surface area contributed by atoms with Crippen molar-refractivity contribution < 1.29 is 9.90 Å². The van der Waals surface area contributed by atoms with Gasteiger partial charge in [-0.3, -0.25) is 4.79 Å². The van der Waals surface area contributed by atoms with Crippen molar-refractivity contribution in [2.45, 2.75) is 58.8 Å². The monoisotopic (exact) mass is 423 g/mol. The third-order valence-electron chi connectivity index (χ3n) is 6.34. The Kier molecular flexibility index (Phi) is 9.73. The van der Waals surface area contributed by atoms with Crippen LogP contribution in [0, 0.1) is 11.3 Å². The second-order valence-corrected chi connectivity index (χ2v) is 8.89. The molecular weight excluding hydrogens is 386 g/mol. The van der Waals surface area contributed by atoms with Crippen molar-refractivity contribution in [2.75, 3.05) is 38.1 Å². The highest BCUT2D eigenvalue weighted by Gasteiger charge is 2.39. The number of carbonyl (C=O) groups excluding carboxylic acids is 1. The summed E-state index contributed by atoms with van der Waals surface area (Å²) < 4.78 is 0. The number of nitrogens with one attached hydrogen (secondary N) is 3. The molecule has 0 aliphatic heterocycles. The molecule has 2 aliphatic carbocycles. The molecule has 2 fully saturated rings. The Bertz CT molecular complexity index is 643. The van der Waals surface area contributed by atoms with Gasteiger partial charge in [0.05, 0.1) is 10.6 Å². The normalized spacial score (nSPS) is 23.2. The van der Waals surface area contributed by atoms with Crippen LogP contribution in [0.15, 0.2) is 18.2 Å². The van der Waals surface area contributed by atoms with Gasteiger partial charge in [-0.25, -0.2) is 0 Å². The second-order valence-electron chi connectivity index (χ2n) is 8.49. The van der Waals surface area contributed by atoms with E-state index in [9.17, 15) is 4.79 Å². The van der Waals surface area contributed by atoms with E-state index in [1.807, 2.05) is 12.1 Å². The van der Waals surface area contributed by atoms with Crippen LogP contribution < -0.4 is 16.0 Å². The lowest BCUT2D eigenvalue weighted by Crippen LogP contribution is -2.43. The van der Waals surface area contributed by atoms with Gasteiger partial charge in [0.15, 0.2) is 0 Å². The number of hydrogen-bond acceptors (Lipinski definition) is 4. The zero-order chi connectivity index (χ0) is 19.8. The highest BCUT2D eigenvalue weighted by Crippen LogP contribution is 2.48. The first-order chi connectivity index (χ1) is 13.6. The van der Waals surface area contributed by atoms with Crippen LogP contribution in [0.5, 0.6) is 0 Å². The molecule has 1 amide bonds. The lowest BCUT2D eigenvalue weighted by atomic mass is 9.62. The van der Waals surface area contributed by atoms with E-state index < -0.39 is 0 Å². The van der Waals surface area contributed by atoms with Crippen molar-refractivity contribution in [2.24, 2.45) is 11.3 Å². The number of hydrogen-bond donors (Lipinski definition) is 4. The molecule has 1 aromatic carbocycles. The molecule has 0 heterocycles. The first-order valence-electron chi connectivity index (χ1n) is 10.8. The van der Waals surface area contributed by atoms with Gasteiger partial charge in [-0.2, -0.15) is 0 Å². The van der Waals surface area contributed by atoms with Gasteiger partial charge >= 0.3 is 0 Å². The molecule has 3 rings (SSSR count). The van der Waals surface area contributed by atoms with Gasteiger partial charge in [0.25, 0.3) is 5.91 Å². The number of rotatable bonds is 10. The number of carbonyl (C=O) groups is 1. The molecule has 164 valence electrons. The van der Waals surface area contributed by atoms with Crippen LogP contribution in [0.1, 0.15) is 69.2 Å². The minimum absolute atomic E-state index is 0. The van der Waals surface area contributed by atoms with Crippen LogP contribution in [0.3, 0.4) is 0 Å². The molecule has 0 radical (unpaired) electrons. The van der Waals surface area contributed by atoms with Gasteiger partial charge in [-0.15, -0.1) is 0 Å². The summed E-state index contributed by atoms with van der Waals surface area (Å²) in [5, 5.41) is 19.0. The standard InChI is InChI=1S/C22H34ClN3O2.CH4/c23-20-7-6-18(25-12-11-24-10-3-13-27)14-19(20)21(28)26-16-22-8-1-4-17(15-22)5-2-9-22;/h6-7,14,17,24-25,27H,1-5,8-13,15-16H2,(H,26,28);1H4. The van der Waals surface area contributed by atoms with E-state index in [0.717, 1.165) is 44.2 Å². The average Bonchev–Trinajstić information content (AvgIpc) is 2.70. The lowest BCUT2D eigenvalue weighted by molar-refractivity contribution is 0.0682. The van der Waals surface area contributed by atoms with Gasteiger partial charge in [0, 0.05) is 31.9 Å². The molecule has 0 saturated heterocycles. The van der Waals surface area contributed by atoms with E-state index >= 15 is 0 Å². The largest absolute Gasteiger partial charge is 0.396 e. The minimum Gasteiger partial charge on any atom is -0.396 e. The Morgan fingerprint density at radius 3 is 2.66 bits per heavy atom. The maximum absolute atomic E-state index is 12.8. The van der Waals surface area contributed by atoms with E-state index in [0.29, 0.717) is 16.0 Å². The fourth-order valence-electron chi connectivity index (χ4n) is 4.87. The highest BCUT2D eigenvalue weighted by atomic mass is 35.5. The Morgan fingerprint density at radius 1 is 1.17 bits per heavy atom. The summed E-state index contributed by atoms with van der Waals surface area (Å²) in [6.45, 7) is 3.32. The summed E-state index contributed by atoms with van der Waals surface area (Å²) >= 11 is 6.31. The quantitative estimate of drug-likeness (QED) is 0.419. The molecule has 0 unspecified atom stereocenters. The molecule has 1 aromatic rings. The van der Waals surface area contributed by atoms with Crippen LogP contribution in [0.25, 0.3) is 0 Å². The number of fused-ring (bicyclic) bond motifs is 2. The second kappa shape index (κ2) is 11.8. The fraction of sp³-hybridized carbons (Fsp3) is 0.696. The molecular formula is C23H38ClN3O2. The zero-order valence-corrected chi connectivity index (χ0v) is 17.5. The predicted octanol–water partition coefficient (Wildman–Crippen LogP) is 4.45. The van der Waals surface area contributed by atoms with Crippen LogP contribution in [-0.4, -0.2) is 43.8 Å². The summed E-state index contributed by atoms with van der Waals surface area (Å²) in [5.74, 6) is 0.790. The van der Waals surface area contributed by atoms with Gasteiger partial charge in [0.2, 0.25) is 0 Å². The summed E-state index contributed by atoms with van der Waals surface area (Å²) in [6.07, 6.45) is 9.83. The predicted molar refractivity (Wildman–Crippen MR) is 122 cm³/mol. The van der Waals surface area contributed by atoms with E-state index in [4.69, 9.17) is 16.7 Å². The third-order valence-corrected chi connectivity index (χ3v) is 6.67. The lowest BCUT2D eigenvalue weighted by Gasteiger charge is -2.45. The SMILES string of the molecule is C.O=C(NCC12CCCC(CCC1)C2)c1cc(NCCNCCCO)ccc1Cl. The van der Waals surface area contributed by atoms with Gasteiger partial charge in [-0.05, 0) is 61.8 Å². The smallest absolute Gasteiger partial charge is 0.252 e. The number of halogens is 1. The molecule has 0 aromatic heterocycles. The number of aliphatic hydroxyl groups excluding tert-OH is 1. The molecule has 4 N–H and O–H groups in total. The summed E-state index contributed by atoms with van der Waals surface area (Å²) in [6, 6.07) is 5.53. The van der Waals surface area contributed by atoms with Crippen LogP contribution in [0.2, 0.25) is 5.02 Å². The Morgan fingerprint density at radius 2 is 1.93 bits per heavy atom. The molecule has 0 atom stereocenters. The maximum atomic E-state index is 12.8. The average molecular weight is 424 g/mol. The van der Waals surface area contributed by atoms with Crippen molar-refractivity contribution in [3.05, 3.63) is 28.8 Å². The van der Waals surface area contributed by atoms with Crippen molar-refractivity contribution in [1.82, 2.24) is 10.6 Å². The van der Waals surface area contributed by atoms with Gasteiger partial charge < -0.3 is 21.1 Å². The van der Waals surface area contributed by atoms with Crippen LogP contribution in [-0.2, 0) is 0 Å². The Labute approximate surface area is 181 Å². The number of aliphatic hydroxyl groups is 1. The van der Waals surface area contributed by atoms with Crippen molar-refractivity contribution in [3.8, 4) is 0 Å². The van der Waals surface area contributed by atoms with E-state index in [-0.39, 0.29) is 19.9 Å². The molecule has 5 nitrogen and oxygen atoms in total. The zero-order valence-electron chi connectivity index (χ0n) is 16.7. The Balaban J connectivity index is 0.00000300. The maximum Gasteiger partial charge on any atom is 0.252 e. The highest BCUT2D eigenvalue weighted by molar-refractivity contribution is 6.34. The van der Waals surface area contributed by atoms with E-state index in [1.54, 1.807) is 6.07 Å². The van der Waals surface area contributed by atoms with E-state index in [2.05, 4.69) is 16.0 Å². The molecule has 0 spiro atoms. The summed E-state index contributed by atoms with van der Waals surface area (Å²) in [4.78, 5) is 12.8. The van der Waals surface area contributed by atoms with Crippen LogP contribution >= 0.6 is 11.6 Å². The van der Waals surface area contributed by atoms with Gasteiger partial charge in [0.1, 0.15) is 0 Å². The van der Waals surface area contributed by atoms with Crippen molar-refractivity contribution in [3.63, 3.8) is 0 Å². The first-order valence-corrected chi connectivity index (χ1v) is 11.1.